The fourth-order valence-electron chi connectivity index (χ4n) is 3.42. The van der Waals surface area contributed by atoms with Crippen molar-refractivity contribution in [2.24, 2.45) is 0 Å². The highest BCUT2D eigenvalue weighted by Crippen LogP contribution is 2.22. The lowest BCUT2D eigenvalue weighted by Crippen LogP contribution is -2.48. The van der Waals surface area contributed by atoms with Gasteiger partial charge < -0.3 is 9.64 Å². The molecular formula is C21H25FN2O4S. The molecule has 2 aromatic carbocycles. The van der Waals surface area contributed by atoms with Crippen LogP contribution in [0.2, 0.25) is 0 Å². The molecule has 1 amide bonds. The molecule has 1 aliphatic rings. The van der Waals surface area contributed by atoms with Crippen LogP contribution in [-0.2, 0) is 21.3 Å². The molecule has 0 aromatic heterocycles. The molecule has 2 aromatic rings. The Morgan fingerprint density at radius 2 is 1.76 bits per heavy atom. The molecule has 29 heavy (non-hydrogen) atoms. The van der Waals surface area contributed by atoms with Crippen LogP contribution in [0.15, 0.2) is 53.4 Å². The average Bonchev–Trinajstić information content (AvgIpc) is 2.68. The zero-order valence-corrected chi connectivity index (χ0v) is 17.5. The monoisotopic (exact) mass is 420 g/mol. The second-order valence-electron chi connectivity index (χ2n) is 7.39. The van der Waals surface area contributed by atoms with Crippen LogP contribution in [-0.4, -0.2) is 55.9 Å². The largest absolute Gasteiger partial charge is 0.373 e. The Kier molecular flexibility index (Phi) is 6.36. The molecule has 2 atom stereocenters. The van der Waals surface area contributed by atoms with E-state index in [4.69, 9.17) is 4.74 Å². The Hall–Kier alpha value is -2.29. The van der Waals surface area contributed by atoms with E-state index in [1.807, 2.05) is 13.8 Å². The second kappa shape index (κ2) is 8.61. The maximum absolute atomic E-state index is 13.1. The number of ether oxygens (including phenoxy) is 1. The predicted octanol–water partition coefficient (Wildman–Crippen LogP) is 2.90. The van der Waals surface area contributed by atoms with Gasteiger partial charge in [-0.05, 0) is 49.7 Å². The fourth-order valence-corrected chi connectivity index (χ4v) is 5.06. The van der Waals surface area contributed by atoms with Gasteiger partial charge in [0.05, 0.1) is 17.1 Å². The lowest BCUT2D eigenvalue weighted by molar-refractivity contribution is -0.0440. The molecule has 0 radical (unpaired) electrons. The van der Waals surface area contributed by atoms with E-state index in [1.165, 1.54) is 33.5 Å². The molecule has 0 unspecified atom stereocenters. The summed E-state index contributed by atoms with van der Waals surface area (Å²) < 4.78 is 46.2. The highest BCUT2D eigenvalue weighted by molar-refractivity contribution is 7.89. The van der Waals surface area contributed by atoms with Crippen molar-refractivity contribution >= 4 is 15.9 Å². The summed E-state index contributed by atoms with van der Waals surface area (Å²) in [5.41, 5.74) is 1.06. The first-order valence-electron chi connectivity index (χ1n) is 9.42. The van der Waals surface area contributed by atoms with Crippen LogP contribution < -0.4 is 0 Å². The van der Waals surface area contributed by atoms with E-state index in [9.17, 15) is 17.6 Å². The third-order valence-electron chi connectivity index (χ3n) is 4.78. The maximum atomic E-state index is 13.1. The predicted molar refractivity (Wildman–Crippen MR) is 107 cm³/mol. The molecule has 1 saturated heterocycles. The molecular weight excluding hydrogens is 395 g/mol. The van der Waals surface area contributed by atoms with E-state index in [0.717, 1.165) is 5.56 Å². The minimum Gasteiger partial charge on any atom is -0.373 e. The van der Waals surface area contributed by atoms with Crippen LogP contribution in [0.3, 0.4) is 0 Å². The van der Waals surface area contributed by atoms with E-state index in [1.54, 1.807) is 31.3 Å². The summed E-state index contributed by atoms with van der Waals surface area (Å²) in [7, 11) is -2.11. The number of morpholine rings is 1. The van der Waals surface area contributed by atoms with Crippen LogP contribution in [0, 0.1) is 5.82 Å². The van der Waals surface area contributed by atoms with Crippen molar-refractivity contribution in [1.29, 1.82) is 0 Å². The quantitative estimate of drug-likeness (QED) is 0.746. The third kappa shape index (κ3) is 5.01. The van der Waals surface area contributed by atoms with Crippen LogP contribution in [0.1, 0.15) is 29.8 Å². The molecule has 0 saturated carbocycles. The molecule has 0 spiro atoms. The molecule has 1 aliphatic heterocycles. The summed E-state index contributed by atoms with van der Waals surface area (Å²) >= 11 is 0. The molecule has 8 heteroatoms. The molecule has 0 aliphatic carbocycles. The summed E-state index contributed by atoms with van der Waals surface area (Å²) in [6.07, 6.45) is -0.389. The van der Waals surface area contributed by atoms with Crippen molar-refractivity contribution in [3.63, 3.8) is 0 Å². The van der Waals surface area contributed by atoms with Gasteiger partial charge in [-0.1, -0.05) is 18.2 Å². The zero-order chi connectivity index (χ0) is 21.2. The maximum Gasteiger partial charge on any atom is 0.253 e. The van der Waals surface area contributed by atoms with Gasteiger partial charge in [-0.3, -0.25) is 4.79 Å². The Morgan fingerprint density at radius 1 is 1.14 bits per heavy atom. The van der Waals surface area contributed by atoms with Crippen LogP contribution in [0.5, 0.6) is 0 Å². The first kappa shape index (κ1) is 21.4. The van der Waals surface area contributed by atoms with Crippen LogP contribution in [0.4, 0.5) is 4.39 Å². The minimum absolute atomic E-state index is 0.0832. The van der Waals surface area contributed by atoms with Crippen LogP contribution >= 0.6 is 0 Å². The Bertz CT molecular complexity index is 968. The van der Waals surface area contributed by atoms with Gasteiger partial charge in [0.15, 0.2) is 0 Å². The molecule has 3 rings (SSSR count). The van der Waals surface area contributed by atoms with E-state index in [0.29, 0.717) is 0 Å². The number of sulfonamides is 1. The molecule has 0 N–H and O–H groups in total. The van der Waals surface area contributed by atoms with Gasteiger partial charge in [0.1, 0.15) is 5.82 Å². The number of hydrogen-bond acceptors (Lipinski definition) is 4. The summed E-state index contributed by atoms with van der Waals surface area (Å²) in [5, 5.41) is 0. The first-order valence-corrected chi connectivity index (χ1v) is 10.9. The summed E-state index contributed by atoms with van der Waals surface area (Å²) in [6.45, 7) is 4.50. The lowest BCUT2D eigenvalue weighted by Gasteiger charge is -2.34. The fraction of sp³-hybridized carbons (Fsp3) is 0.381. The van der Waals surface area contributed by atoms with Gasteiger partial charge in [0.2, 0.25) is 10.0 Å². The Balaban J connectivity index is 1.79. The standard InChI is InChI=1S/C21H25FN2O4S/c1-15-12-24(13-16(2)28-15)29(26,27)20-6-4-5-18(11-20)21(25)23(3)14-17-7-9-19(22)10-8-17/h4-11,15-16H,12-14H2,1-3H3/t15-,16-/m1/s1. The SMILES string of the molecule is C[C@@H]1CN(S(=O)(=O)c2cccc(C(=O)N(C)Cc3ccc(F)cc3)c2)C[C@@H](C)O1. The van der Waals surface area contributed by atoms with Gasteiger partial charge in [0, 0.05) is 32.2 Å². The average molecular weight is 421 g/mol. The number of carbonyl (C=O) groups excluding carboxylic acids is 1. The van der Waals surface area contributed by atoms with E-state index < -0.39 is 10.0 Å². The van der Waals surface area contributed by atoms with Gasteiger partial charge >= 0.3 is 0 Å². The number of carbonyl (C=O) groups is 1. The summed E-state index contributed by atoms with van der Waals surface area (Å²) in [4.78, 5) is 14.4. The van der Waals surface area contributed by atoms with Crippen LogP contribution in [0.25, 0.3) is 0 Å². The number of hydrogen-bond donors (Lipinski definition) is 0. The second-order valence-corrected chi connectivity index (χ2v) is 9.33. The Labute approximate surface area is 170 Å². The van der Waals surface area contributed by atoms with Gasteiger partial charge in [0.25, 0.3) is 5.91 Å². The lowest BCUT2D eigenvalue weighted by atomic mass is 10.1. The number of benzene rings is 2. The summed E-state index contributed by atoms with van der Waals surface area (Å²) in [5.74, 6) is -0.650. The molecule has 156 valence electrons. The minimum atomic E-state index is -3.73. The van der Waals surface area contributed by atoms with Crippen molar-refractivity contribution in [2.45, 2.75) is 37.5 Å². The van der Waals surface area contributed by atoms with Crippen molar-refractivity contribution in [1.82, 2.24) is 9.21 Å². The van der Waals surface area contributed by atoms with Gasteiger partial charge in [-0.2, -0.15) is 4.31 Å². The highest BCUT2D eigenvalue weighted by Gasteiger charge is 2.32. The van der Waals surface area contributed by atoms with Crippen molar-refractivity contribution in [2.75, 3.05) is 20.1 Å². The van der Waals surface area contributed by atoms with Gasteiger partial charge in [-0.25, -0.2) is 12.8 Å². The molecule has 1 fully saturated rings. The number of nitrogens with zero attached hydrogens (tertiary/aromatic N) is 2. The third-order valence-corrected chi connectivity index (χ3v) is 6.61. The molecule has 0 bridgehead atoms. The molecule has 6 nitrogen and oxygen atoms in total. The molecule has 1 heterocycles. The summed E-state index contributed by atoms with van der Waals surface area (Å²) in [6, 6.07) is 12.0. The first-order chi connectivity index (χ1) is 13.7. The number of rotatable bonds is 5. The Morgan fingerprint density at radius 3 is 2.38 bits per heavy atom. The number of halogens is 1. The van der Waals surface area contributed by atoms with Crippen molar-refractivity contribution in [3.05, 3.63) is 65.5 Å². The smallest absolute Gasteiger partial charge is 0.253 e. The van der Waals surface area contributed by atoms with Crippen molar-refractivity contribution < 1.29 is 22.3 Å². The van der Waals surface area contributed by atoms with Crippen molar-refractivity contribution in [3.8, 4) is 0 Å². The van der Waals surface area contributed by atoms with Gasteiger partial charge in [-0.15, -0.1) is 0 Å². The topological polar surface area (TPSA) is 66.9 Å². The van der Waals surface area contributed by atoms with E-state index in [2.05, 4.69) is 0 Å². The normalized spacial score (nSPS) is 20.4. The highest BCUT2D eigenvalue weighted by atomic mass is 32.2. The number of amides is 1. The van der Waals surface area contributed by atoms with E-state index >= 15 is 0 Å². The zero-order valence-electron chi connectivity index (χ0n) is 16.7. The van der Waals surface area contributed by atoms with E-state index in [-0.39, 0.29) is 54.0 Å².